The van der Waals surface area contributed by atoms with Crippen molar-refractivity contribution in [1.82, 2.24) is 19.7 Å². The molecule has 7 nitrogen and oxygen atoms in total. The Balaban J connectivity index is 1.75. The molecule has 1 aromatic carbocycles. The summed E-state index contributed by atoms with van der Waals surface area (Å²) in [5.41, 5.74) is 2.42. The number of rotatable bonds is 3. The van der Waals surface area contributed by atoms with Crippen LogP contribution in [-0.4, -0.2) is 25.8 Å². The highest BCUT2D eigenvalue weighted by molar-refractivity contribution is 6.30. The zero-order chi connectivity index (χ0) is 17.1. The fraction of sp³-hybridized carbons (Fsp3) is 0.125. The number of hydrogen-bond donors (Lipinski definition) is 2. The molecule has 0 aliphatic rings. The number of anilines is 2. The normalized spacial score (nSPS) is 10.5. The number of benzene rings is 1. The summed E-state index contributed by atoms with van der Waals surface area (Å²) in [7, 11) is 0. The molecule has 0 aliphatic heterocycles. The summed E-state index contributed by atoms with van der Waals surface area (Å²) < 4.78 is 1.69. The Hall–Kier alpha value is -2.93. The van der Waals surface area contributed by atoms with Gasteiger partial charge in [-0.2, -0.15) is 5.10 Å². The van der Waals surface area contributed by atoms with Gasteiger partial charge in [0.15, 0.2) is 5.82 Å². The van der Waals surface area contributed by atoms with E-state index in [0.717, 1.165) is 11.4 Å². The number of carbonyl (C=O) groups excluding carboxylic acids is 1. The number of amides is 2. The molecule has 2 aromatic heterocycles. The zero-order valence-electron chi connectivity index (χ0n) is 13.1. The Labute approximate surface area is 143 Å². The SMILES string of the molecule is Cc1cc(C)n(-c2cc(NC(=O)Nc3cccc(Cl)c3)ncn2)n1. The van der Waals surface area contributed by atoms with E-state index >= 15 is 0 Å². The first kappa shape index (κ1) is 15.9. The summed E-state index contributed by atoms with van der Waals surface area (Å²) in [6.07, 6.45) is 1.38. The van der Waals surface area contributed by atoms with Gasteiger partial charge in [-0.05, 0) is 38.1 Å². The molecule has 24 heavy (non-hydrogen) atoms. The van der Waals surface area contributed by atoms with Gasteiger partial charge in [0.05, 0.1) is 5.69 Å². The van der Waals surface area contributed by atoms with Crippen LogP contribution in [0.4, 0.5) is 16.3 Å². The molecule has 0 bridgehead atoms. The van der Waals surface area contributed by atoms with Crippen LogP contribution in [0.5, 0.6) is 0 Å². The molecule has 0 unspecified atom stereocenters. The largest absolute Gasteiger partial charge is 0.324 e. The summed E-state index contributed by atoms with van der Waals surface area (Å²) in [5.74, 6) is 0.945. The van der Waals surface area contributed by atoms with E-state index in [1.807, 2.05) is 19.9 Å². The second kappa shape index (κ2) is 6.67. The summed E-state index contributed by atoms with van der Waals surface area (Å²) >= 11 is 5.89. The lowest BCUT2D eigenvalue weighted by atomic mass is 10.3. The molecule has 2 heterocycles. The molecule has 0 atom stereocenters. The molecule has 122 valence electrons. The highest BCUT2D eigenvalue weighted by atomic mass is 35.5. The standard InChI is InChI=1S/C16H15ClN6O/c1-10-6-11(2)23(22-10)15-8-14(18-9-19-15)21-16(24)20-13-5-3-4-12(17)7-13/h3-9H,1-2H3,(H2,18,19,20,21,24). The van der Waals surface area contributed by atoms with E-state index in [1.54, 1.807) is 35.0 Å². The Kier molecular flexibility index (Phi) is 4.43. The van der Waals surface area contributed by atoms with Gasteiger partial charge in [0, 0.05) is 22.5 Å². The van der Waals surface area contributed by atoms with Gasteiger partial charge in [-0.15, -0.1) is 0 Å². The van der Waals surface area contributed by atoms with Gasteiger partial charge in [0.1, 0.15) is 12.1 Å². The van der Waals surface area contributed by atoms with E-state index in [9.17, 15) is 4.79 Å². The molecule has 0 saturated carbocycles. The van der Waals surface area contributed by atoms with Crippen molar-refractivity contribution < 1.29 is 4.79 Å². The number of nitrogens with zero attached hydrogens (tertiary/aromatic N) is 4. The van der Waals surface area contributed by atoms with E-state index in [-0.39, 0.29) is 0 Å². The van der Waals surface area contributed by atoms with Crippen molar-refractivity contribution in [3.8, 4) is 5.82 Å². The topological polar surface area (TPSA) is 84.7 Å². The summed E-state index contributed by atoms with van der Waals surface area (Å²) in [5, 5.41) is 10.3. The van der Waals surface area contributed by atoms with Gasteiger partial charge in [-0.3, -0.25) is 5.32 Å². The number of aromatic nitrogens is 4. The molecule has 8 heteroatoms. The molecule has 3 rings (SSSR count). The van der Waals surface area contributed by atoms with E-state index in [4.69, 9.17) is 11.6 Å². The molecule has 2 amide bonds. The van der Waals surface area contributed by atoms with Crippen molar-refractivity contribution in [2.75, 3.05) is 10.6 Å². The van der Waals surface area contributed by atoms with E-state index in [2.05, 4.69) is 25.7 Å². The molecule has 0 radical (unpaired) electrons. The third-order valence-corrected chi connectivity index (χ3v) is 3.44. The molecular weight excluding hydrogens is 328 g/mol. The molecule has 0 saturated heterocycles. The quantitative estimate of drug-likeness (QED) is 0.762. The van der Waals surface area contributed by atoms with Crippen LogP contribution in [0.1, 0.15) is 11.4 Å². The minimum absolute atomic E-state index is 0.368. The summed E-state index contributed by atoms with van der Waals surface area (Å²) in [6.45, 7) is 3.84. The first-order chi connectivity index (χ1) is 11.5. The minimum atomic E-state index is -0.421. The van der Waals surface area contributed by atoms with Crippen molar-refractivity contribution in [3.05, 3.63) is 59.1 Å². The van der Waals surface area contributed by atoms with E-state index < -0.39 is 6.03 Å². The smallest absolute Gasteiger partial charge is 0.308 e. The number of nitrogens with one attached hydrogen (secondary N) is 2. The number of aryl methyl sites for hydroxylation is 2. The lowest BCUT2D eigenvalue weighted by Crippen LogP contribution is -2.20. The maximum absolute atomic E-state index is 12.1. The molecule has 2 N–H and O–H groups in total. The lowest BCUT2D eigenvalue weighted by molar-refractivity contribution is 0.262. The van der Waals surface area contributed by atoms with Crippen LogP contribution in [0.2, 0.25) is 5.02 Å². The molecule has 3 aromatic rings. The van der Waals surface area contributed by atoms with Crippen LogP contribution >= 0.6 is 11.6 Å². The van der Waals surface area contributed by atoms with E-state index in [0.29, 0.717) is 22.3 Å². The monoisotopic (exact) mass is 342 g/mol. The maximum atomic E-state index is 12.1. The van der Waals surface area contributed by atoms with Gasteiger partial charge in [0.2, 0.25) is 0 Å². The predicted molar refractivity (Wildman–Crippen MR) is 92.7 cm³/mol. The number of carbonyl (C=O) groups is 1. The molecule has 0 aliphatic carbocycles. The van der Waals surface area contributed by atoms with Crippen LogP contribution in [-0.2, 0) is 0 Å². The highest BCUT2D eigenvalue weighted by Gasteiger charge is 2.09. The minimum Gasteiger partial charge on any atom is -0.308 e. The average Bonchev–Trinajstić information content (AvgIpc) is 2.86. The Bertz CT molecular complexity index is 892. The van der Waals surface area contributed by atoms with Crippen molar-refractivity contribution >= 4 is 29.1 Å². The summed E-state index contributed by atoms with van der Waals surface area (Å²) in [4.78, 5) is 20.3. The van der Waals surface area contributed by atoms with Crippen LogP contribution in [0.3, 0.4) is 0 Å². The van der Waals surface area contributed by atoms with Crippen molar-refractivity contribution in [3.63, 3.8) is 0 Å². The van der Waals surface area contributed by atoms with E-state index in [1.165, 1.54) is 6.33 Å². The van der Waals surface area contributed by atoms with Crippen LogP contribution in [0, 0.1) is 13.8 Å². The second-order valence-corrected chi connectivity index (χ2v) is 5.63. The number of urea groups is 1. The van der Waals surface area contributed by atoms with Gasteiger partial charge in [-0.25, -0.2) is 19.4 Å². The van der Waals surface area contributed by atoms with Gasteiger partial charge < -0.3 is 5.32 Å². The van der Waals surface area contributed by atoms with Gasteiger partial charge in [0.25, 0.3) is 0 Å². The van der Waals surface area contributed by atoms with Crippen molar-refractivity contribution in [2.24, 2.45) is 0 Å². The maximum Gasteiger partial charge on any atom is 0.324 e. The summed E-state index contributed by atoms with van der Waals surface area (Å²) in [6, 6.07) is 10.1. The van der Waals surface area contributed by atoms with Crippen LogP contribution in [0.15, 0.2) is 42.7 Å². The predicted octanol–water partition coefficient (Wildman–Crippen LogP) is 3.58. The third-order valence-electron chi connectivity index (χ3n) is 3.20. The van der Waals surface area contributed by atoms with Gasteiger partial charge in [-0.1, -0.05) is 17.7 Å². The zero-order valence-corrected chi connectivity index (χ0v) is 13.9. The Morgan fingerprint density at radius 3 is 2.67 bits per heavy atom. The second-order valence-electron chi connectivity index (χ2n) is 5.19. The van der Waals surface area contributed by atoms with Gasteiger partial charge >= 0.3 is 6.03 Å². The Morgan fingerprint density at radius 1 is 1.12 bits per heavy atom. The van der Waals surface area contributed by atoms with Crippen LogP contribution < -0.4 is 10.6 Å². The average molecular weight is 343 g/mol. The number of hydrogen-bond acceptors (Lipinski definition) is 4. The molecule has 0 spiro atoms. The Morgan fingerprint density at radius 2 is 1.96 bits per heavy atom. The molecule has 0 fully saturated rings. The fourth-order valence-corrected chi connectivity index (χ4v) is 2.43. The van der Waals surface area contributed by atoms with Crippen molar-refractivity contribution in [2.45, 2.75) is 13.8 Å². The fourth-order valence-electron chi connectivity index (χ4n) is 2.24. The third kappa shape index (κ3) is 3.69. The molecular formula is C16H15ClN6O. The number of halogens is 1. The first-order valence-electron chi connectivity index (χ1n) is 7.20. The van der Waals surface area contributed by atoms with Crippen molar-refractivity contribution in [1.29, 1.82) is 0 Å². The first-order valence-corrected chi connectivity index (χ1v) is 7.58. The lowest BCUT2D eigenvalue weighted by Gasteiger charge is -2.08. The van der Waals surface area contributed by atoms with Crippen LogP contribution in [0.25, 0.3) is 5.82 Å². The highest BCUT2D eigenvalue weighted by Crippen LogP contribution is 2.16.